The van der Waals surface area contributed by atoms with E-state index >= 15 is 0 Å². The van der Waals surface area contributed by atoms with Crippen molar-refractivity contribution in [2.75, 3.05) is 6.54 Å². The molecule has 0 radical (unpaired) electrons. The zero-order valence-corrected chi connectivity index (χ0v) is 8.26. The molecule has 1 atom stereocenters. The first-order valence-corrected chi connectivity index (χ1v) is 4.84. The summed E-state index contributed by atoms with van der Waals surface area (Å²) in [7, 11) is 0. The molecule has 1 rings (SSSR count). The van der Waals surface area contributed by atoms with Crippen molar-refractivity contribution in [1.82, 2.24) is 10.7 Å². The number of hydrogen-bond donors (Lipinski definition) is 2. The lowest BCUT2D eigenvalue weighted by atomic mass is 10.1. The molecule has 0 aromatic heterocycles. The summed E-state index contributed by atoms with van der Waals surface area (Å²) in [6.07, 6.45) is 3.40. The summed E-state index contributed by atoms with van der Waals surface area (Å²) in [4.78, 5) is 11.0. The molecule has 74 valence electrons. The number of amides is 2. The quantitative estimate of drug-likeness (QED) is 0.626. The van der Waals surface area contributed by atoms with Crippen LogP contribution < -0.4 is 10.7 Å². The van der Waals surface area contributed by atoms with Gasteiger partial charge in [0.25, 0.3) is 0 Å². The summed E-state index contributed by atoms with van der Waals surface area (Å²) in [5.74, 6) is 0.530. The molecule has 2 amide bonds. The van der Waals surface area contributed by atoms with Gasteiger partial charge in [0.2, 0.25) is 0 Å². The Hall–Kier alpha value is -1.06. The van der Waals surface area contributed by atoms with Crippen LogP contribution >= 0.6 is 0 Å². The van der Waals surface area contributed by atoms with Gasteiger partial charge >= 0.3 is 6.03 Å². The molecule has 1 aliphatic rings. The van der Waals surface area contributed by atoms with E-state index in [1.165, 1.54) is 12.8 Å². The highest BCUT2D eigenvalue weighted by Crippen LogP contribution is 2.21. The maximum absolute atomic E-state index is 11.0. The molecule has 0 heterocycles. The monoisotopic (exact) mass is 183 g/mol. The van der Waals surface area contributed by atoms with E-state index in [4.69, 9.17) is 0 Å². The standard InChI is InChI=1S/C9H17N3O/c1-3-10-9(13)12-11-8-6-4-5-7(8)2/h7H,3-6H2,1-2H3,(H2,10,12,13)/b11-8-. The number of carbonyl (C=O) groups is 1. The topological polar surface area (TPSA) is 53.5 Å². The van der Waals surface area contributed by atoms with Crippen molar-refractivity contribution in [3.63, 3.8) is 0 Å². The van der Waals surface area contributed by atoms with Gasteiger partial charge in [-0.1, -0.05) is 6.92 Å². The molecule has 0 saturated heterocycles. The van der Waals surface area contributed by atoms with Crippen LogP contribution in [0.1, 0.15) is 33.1 Å². The van der Waals surface area contributed by atoms with Gasteiger partial charge in [-0.15, -0.1) is 0 Å². The predicted octanol–water partition coefficient (Wildman–Crippen LogP) is 1.48. The highest BCUT2D eigenvalue weighted by Gasteiger charge is 2.17. The van der Waals surface area contributed by atoms with E-state index in [-0.39, 0.29) is 6.03 Å². The minimum atomic E-state index is -0.214. The Kier molecular flexibility index (Phi) is 3.73. The maximum atomic E-state index is 11.0. The molecule has 1 fully saturated rings. The van der Waals surface area contributed by atoms with E-state index in [9.17, 15) is 4.79 Å². The molecule has 0 bridgehead atoms. The zero-order valence-electron chi connectivity index (χ0n) is 8.26. The van der Waals surface area contributed by atoms with Crippen LogP contribution in [-0.2, 0) is 0 Å². The van der Waals surface area contributed by atoms with Gasteiger partial charge in [-0.25, -0.2) is 10.2 Å². The van der Waals surface area contributed by atoms with Crippen molar-refractivity contribution in [3.8, 4) is 0 Å². The van der Waals surface area contributed by atoms with Crippen molar-refractivity contribution in [3.05, 3.63) is 0 Å². The maximum Gasteiger partial charge on any atom is 0.335 e. The third-order valence-electron chi connectivity index (χ3n) is 2.28. The molecule has 0 aliphatic heterocycles. The summed E-state index contributed by atoms with van der Waals surface area (Å²) >= 11 is 0. The number of carbonyl (C=O) groups excluding carboxylic acids is 1. The summed E-state index contributed by atoms with van der Waals surface area (Å²) in [5.41, 5.74) is 3.61. The number of urea groups is 1. The van der Waals surface area contributed by atoms with Crippen molar-refractivity contribution in [1.29, 1.82) is 0 Å². The number of hydrogen-bond acceptors (Lipinski definition) is 2. The van der Waals surface area contributed by atoms with E-state index in [0.717, 1.165) is 12.1 Å². The summed E-state index contributed by atoms with van der Waals surface area (Å²) in [6.45, 7) is 4.66. The van der Waals surface area contributed by atoms with E-state index in [0.29, 0.717) is 12.5 Å². The normalized spacial score (nSPS) is 24.8. The van der Waals surface area contributed by atoms with Crippen molar-refractivity contribution >= 4 is 11.7 Å². The molecule has 2 N–H and O–H groups in total. The second-order valence-electron chi connectivity index (χ2n) is 3.37. The van der Waals surface area contributed by atoms with Crippen molar-refractivity contribution in [2.24, 2.45) is 11.0 Å². The highest BCUT2D eigenvalue weighted by atomic mass is 16.2. The molecule has 0 aromatic rings. The fourth-order valence-electron chi connectivity index (χ4n) is 1.49. The van der Waals surface area contributed by atoms with Gasteiger partial charge in [-0.2, -0.15) is 5.10 Å². The van der Waals surface area contributed by atoms with Crippen LogP contribution in [0.2, 0.25) is 0 Å². The number of hydrazone groups is 1. The Labute approximate surface area is 78.8 Å². The highest BCUT2D eigenvalue weighted by molar-refractivity contribution is 5.89. The minimum absolute atomic E-state index is 0.214. The average Bonchev–Trinajstić information content (AvgIpc) is 2.48. The molecule has 0 aromatic carbocycles. The van der Waals surface area contributed by atoms with E-state index < -0.39 is 0 Å². The third kappa shape index (κ3) is 3.05. The molecule has 1 saturated carbocycles. The Morgan fingerprint density at radius 2 is 2.46 bits per heavy atom. The summed E-state index contributed by atoms with van der Waals surface area (Å²) < 4.78 is 0. The Bertz CT molecular complexity index is 213. The molecule has 13 heavy (non-hydrogen) atoms. The van der Waals surface area contributed by atoms with E-state index in [1.54, 1.807) is 0 Å². The second-order valence-corrected chi connectivity index (χ2v) is 3.37. The van der Waals surface area contributed by atoms with Gasteiger partial charge in [-0.3, -0.25) is 0 Å². The fourth-order valence-corrected chi connectivity index (χ4v) is 1.49. The third-order valence-corrected chi connectivity index (χ3v) is 2.28. The van der Waals surface area contributed by atoms with Crippen molar-refractivity contribution < 1.29 is 4.79 Å². The van der Waals surface area contributed by atoms with Crippen LogP contribution in [0.15, 0.2) is 5.10 Å². The molecular weight excluding hydrogens is 166 g/mol. The van der Waals surface area contributed by atoms with Gasteiger partial charge in [0.1, 0.15) is 0 Å². The predicted molar refractivity (Wildman–Crippen MR) is 52.7 cm³/mol. The molecule has 1 unspecified atom stereocenters. The molecule has 0 spiro atoms. The number of nitrogens with zero attached hydrogens (tertiary/aromatic N) is 1. The van der Waals surface area contributed by atoms with E-state index in [1.807, 2.05) is 6.92 Å². The fraction of sp³-hybridized carbons (Fsp3) is 0.778. The minimum Gasteiger partial charge on any atom is -0.337 e. The molecule has 4 heteroatoms. The lowest BCUT2D eigenvalue weighted by molar-refractivity contribution is 0.242. The lowest BCUT2D eigenvalue weighted by Crippen LogP contribution is -2.32. The van der Waals surface area contributed by atoms with Crippen LogP contribution in [0.4, 0.5) is 4.79 Å². The van der Waals surface area contributed by atoms with Crippen LogP contribution in [-0.4, -0.2) is 18.3 Å². The Morgan fingerprint density at radius 3 is 3.00 bits per heavy atom. The average molecular weight is 183 g/mol. The van der Waals surface area contributed by atoms with Crippen molar-refractivity contribution in [2.45, 2.75) is 33.1 Å². The van der Waals surface area contributed by atoms with Gasteiger partial charge in [-0.05, 0) is 32.1 Å². The van der Waals surface area contributed by atoms with E-state index in [2.05, 4.69) is 22.8 Å². The smallest absolute Gasteiger partial charge is 0.335 e. The molecular formula is C9H17N3O. The molecule has 1 aliphatic carbocycles. The van der Waals surface area contributed by atoms with Gasteiger partial charge < -0.3 is 5.32 Å². The van der Waals surface area contributed by atoms with Crippen LogP contribution in [0.5, 0.6) is 0 Å². The van der Waals surface area contributed by atoms with Gasteiger partial charge in [0.05, 0.1) is 0 Å². The first-order chi connectivity index (χ1) is 6.24. The summed E-state index contributed by atoms with van der Waals surface area (Å²) in [6, 6.07) is -0.214. The largest absolute Gasteiger partial charge is 0.337 e. The lowest BCUT2D eigenvalue weighted by Gasteiger charge is -2.04. The summed E-state index contributed by atoms with van der Waals surface area (Å²) in [5, 5.41) is 6.70. The SMILES string of the molecule is CCNC(=O)N/N=C1/CCCC1C. The van der Waals surface area contributed by atoms with Crippen LogP contribution in [0.25, 0.3) is 0 Å². The van der Waals surface area contributed by atoms with Crippen LogP contribution in [0, 0.1) is 5.92 Å². The Morgan fingerprint density at radius 1 is 1.69 bits per heavy atom. The first kappa shape index (κ1) is 10.0. The second kappa shape index (κ2) is 4.84. The van der Waals surface area contributed by atoms with Gasteiger partial charge in [0, 0.05) is 12.3 Å². The number of rotatable bonds is 2. The zero-order chi connectivity index (χ0) is 9.68. The van der Waals surface area contributed by atoms with Gasteiger partial charge in [0.15, 0.2) is 0 Å². The first-order valence-electron chi connectivity index (χ1n) is 4.84. The number of nitrogens with one attached hydrogen (secondary N) is 2. The van der Waals surface area contributed by atoms with Crippen LogP contribution in [0.3, 0.4) is 0 Å². The Balaban J connectivity index is 2.34. The molecule has 4 nitrogen and oxygen atoms in total.